The predicted molar refractivity (Wildman–Crippen MR) is 129 cm³/mol. The van der Waals surface area contributed by atoms with Crippen LogP contribution in [0.4, 0.5) is 11.4 Å². The highest BCUT2D eigenvalue weighted by Gasteiger charge is 2.25. The number of nitrogens with zero attached hydrogens (tertiary/aromatic N) is 6. The van der Waals surface area contributed by atoms with E-state index in [1.54, 1.807) is 0 Å². The van der Waals surface area contributed by atoms with Crippen molar-refractivity contribution in [2.45, 2.75) is 6.04 Å². The standard InChI is InChI=1S/C23H25Cl2N7/c1-31-13-14-32(12-11-26)15-19(31)16-7-9-18(10-8-16)29-30-20-21(24)27-23(28-22(20)25)17-5-3-2-4-6-17/h2-10,19H,11-15,26H2,1H3. The molecule has 3 aromatic rings. The predicted octanol–water partition coefficient (Wildman–Crippen LogP) is 5.11. The van der Waals surface area contributed by atoms with Crippen LogP contribution < -0.4 is 5.73 Å². The third kappa shape index (κ3) is 5.31. The Labute approximate surface area is 197 Å². The number of benzene rings is 2. The Kier molecular flexibility index (Phi) is 7.44. The van der Waals surface area contributed by atoms with Gasteiger partial charge in [0.1, 0.15) is 0 Å². The molecule has 4 rings (SSSR count). The highest BCUT2D eigenvalue weighted by Crippen LogP contribution is 2.34. The molecule has 2 heterocycles. The minimum Gasteiger partial charge on any atom is -0.329 e. The first-order chi connectivity index (χ1) is 15.5. The van der Waals surface area contributed by atoms with Crippen molar-refractivity contribution in [3.63, 3.8) is 0 Å². The van der Waals surface area contributed by atoms with Crippen molar-refractivity contribution in [2.75, 3.05) is 39.8 Å². The Hall–Kier alpha value is -2.42. The number of halogens is 2. The topological polar surface area (TPSA) is 83.0 Å². The highest BCUT2D eigenvalue weighted by atomic mass is 35.5. The van der Waals surface area contributed by atoms with Crippen LogP contribution in [0.1, 0.15) is 11.6 Å². The van der Waals surface area contributed by atoms with Gasteiger partial charge in [-0.2, -0.15) is 5.11 Å². The van der Waals surface area contributed by atoms with Gasteiger partial charge in [0.05, 0.1) is 5.69 Å². The molecule has 1 aliphatic rings. The van der Waals surface area contributed by atoms with Crippen molar-refractivity contribution in [3.05, 3.63) is 70.5 Å². The zero-order chi connectivity index (χ0) is 22.5. The van der Waals surface area contributed by atoms with Gasteiger partial charge < -0.3 is 5.73 Å². The van der Waals surface area contributed by atoms with Crippen LogP contribution >= 0.6 is 23.2 Å². The lowest BCUT2D eigenvalue weighted by molar-refractivity contribution is 0.0979. The van der Waals surface area contributed by atoms with Crippen molar-refractivity contribution in [3.8, 4) is 11.4 Å². The van der Waals surface area contributed by atoms with Crippen molar-refractivity contribution in [1.82, 2.24) is 19.8 Å². The van der Waals surface area contributed by atoms with Crippen LogP contribution in [-0.2, 0) is 0 Å². The van der Waals surface area contributed by atoms with E-state index in [1.807, 2.05) is 42.5 Å². The number of rotatable bonds is 6. The molecule has 0 saturated carbocycles. The first-order valence-corrected chi connectivity index (χ1v) is 11.2. The number of likely N-dealkylation sites (N-methyl/N-ethyl adjacent to an activating group) is 1. The number of hydrogen-bond acceptors (Lipinski definition) is 7. The van der Waals surface area contributed by atoms with Gasteiger partial charge in [0.25, 0.3) is 0 Å². The Morgan fingerprint density at radius 2 is 1.66 bits per heavy atom. The fourth-order valence-corrected chi connectivity index (χ4v) is 4.21. The maximum atomic E-state index is 6.32. The average Bonchev–Trinajstić information content (AvgIpc) is 2.81. The molecule has 1 aliphatic heterocycles. The summed E-state index contributed by atoms with van der Waals surface area (Å²) >= 11 is 12.6. The molecule has 2 aromatic carbocycles. The number of azo groups is 1. The summed E-state index contributed by atoms with van der Waals surface area (Å²) < 4.78 is 0. The first-order valence-electron chi connectivity index (χ1n) is 10.5. The smallest absolute Gasteiger partial charge is 0.162 e. The third-order valence-corrected chi connectivity index (χ3v) is 6.08. The molecule has 0 aliphatic carbocycles. The average molecular weight is 470 g/mol. The van der Waals surface area contributed by atoms with Crippen LogP contribution in [0.3, 0.4) is 0 Å². The normalized spacial score (nSPS) is 17.8. The second-order valence-electron chi connectivity index (χ2n) is 7.72. The van der Waals surface area contributed by atoms with Crippen molar-refractivity contribution < 1.29 is 0 Å². The van der Waals surface area contributed by atoms with Crippen LogP contribution in [0.5, 0.6) is 0 Å². The lowest BCUT2D eigenvalue weighted by Gasteiger charge is -2.39. The van der Waals surface area contributed by atoms with Crippen molar-refractivity contribution in [2.24, 2.45) is 16.0 Å². The van der Waals surface area contributed by atoms with E-state index in [9.17, 15) is 0 Å². The molecule has 0 radical (unpaired) electrons. The minimum atomic E-state index is 0.160. The summed E-state index contributed by atoms with van der Waals surface area (Å²) in [6, 6.07) is 17.9. The Morgan fingerprint density at radius 3 is 2.31 bits per heavy atom. The second kappa shape index (κ2) is 10.5. The summed E-state index contributed by atoms with van der Waals surface area (Å²) in [6.07, 6.45) is 0. The molecule has 9 heteroatoms. The van der Waals surface area contributed by atoms with E-state index in [4.69, 9.17) is 28.9 Å². The van der Waals surface area contributed by atoms with Gasteiger partial charge in [-0.25, -0.2) is 9.97 Å². The number of aromatic nitrogens is 2. The zero-order valence-electron chi connectivity index (χ0n) is 17.8. The molecular formula is C23H25Cl2N7. The molecule has 32 heavy (non-hydrogen) atoms. The quantitative estimate of drug-likeness (QED) is 0.400. The summed E-state index contributed by atoms with van der Waals surface area (Å²) in [5.74, 6) is 0.448. The van der Waals surface area contributed by atoms with Crippen molar-refractivity contribution >= 4 is 34.6 Å². The second-order valence-corrected chi connectivity index (χ2v) is 8.44. The molecule has 0 spiro atoms. The summed E-state index contributed by atoms with van der Waals surface area (Å²) in [7, 11) is 2.15. The van der Waals surface area contributed by atoms with Crippen LogP contribution in [0.25, 0.3) is 11.4 Å². The Balaban J connectivity index is 1.49. The van der Waals surface area contributed by atoms with Gasteiger partial charge in [-0.05, 0) is 24.7 Å². The molecule has 1 atom stereocenters. The third-order valence-electron chi connectivity index (χ3n) is 5.55. The Bertz CT molecular complexity index is 1050. The SMILES string of the molecule is CN1CCN(CCN)CC1c1ccc(N=Nc2c(Cl)nc(-c3ccccc3)nc2Cl)cc1. The fraction of sp³-hybridized carbons (Fsp3) is 0.304. The van der Waals surface area contributed by atoms with Crippen molar-refractivity contribution in [1.29, 1.82) is 0 Å². The van der Waals surface area contributed by atoms with Crippen LogP contribution in [-0.4, -0.2) is 59.5 Å². The van der Waals surface area contributed by atoms with E-state index < -0.39 is 0 Å². The fourth-order valence-electron chi connectivity index (χ4n) is 3.75. The molecule has 166 valence electrons. The molecular weight excluding hydrogens is 445 g/mol. The molecule has 0 amide bonds. The van der Waals surface area contributed by atoms with Gasteiger partial charge >= 0.3 is 0 Å². The molecule has 7 nitrogen and oxygen atoms in total. The molecule has 1 fully saturated rings. The summed E-state index contributed by atoms with van der Waals surface area (Å²) in [4.78, 5) is 13.4. The van der Waals surface area contributed by atoms with E-state index in [0.29, 0.717) is 24.1 Å². The molecule has 2 N–H and O–H groups in total. The molecule has 1 unspecified atom stereocenters. The zero-order valence-corrected chi connectivity index (χ0v) is 19.3. The monoisotopic (exact) mass is 469 g/mol. The van der Waals surface area contributed by atoms with Gasteiger partial charge in [-0.15, -0.1) is 5.11 Å². The maximum absolute atomic E-state index is 6.32. The number of nitrogens with two attached hydrogens (primary N) is 1. The van der Waals surface area contributed by atoms with Crippen LogP contribution in [0.15, 0.2) is 64.8 Å². The highest BCUT2D eigenvalue weighted by molar-refractivity contribution is 6.37. The summed E-state index contributed by atoms with van der Waals surface area (Å²) in [6.45, 7) is 4.62. The van der Waals surface area contributed by atoms with E-state index in [-0.39, 0.29) is 16.0 Å². The Morgan fingerprint density at radius 1 is 0.969 bits per heavy atom. The van der Waals surface area contributed by atoms with Gasteiger partial charge in [0.15, 0.2) is 21.8 Å². The molecule has 1 saturated heterocycles. The molecule has 0 bridgehead atoms. The van der Waals surface area contributed by atoms with Crippen LogP contribution in [0, 0.1) is 0 Å². The van der Waals surface area contributed by atoms with E-state index >= 15 is 0 Å². The molecule has 1 aromatic heterocycles. The first kappa shape index (κ1) is 22.8. The van der Waals surface area contributed by atoms with E-state index in [0.717, 1.165) is 31.7 Å². The van der Waals surface area contributed by atoms with Crippen LogP contribution in [0.2, 0.25) is 10.3 Å². The van der Waals surface area contributed by atoms with Gasteiger partial charge in [0.2, 0.25) is 0 Å². The van der Waals surface area contributed by atoms with E-state index in [1.165, 1.54) is 5.56 Å². The lowest BCUT2D eigenvalue weighted by Crippen LogP contribution is -2.47. The maximum Gasteiger partial charge on any atom is 0.162 e. The summed E-state index contributed by atoms with van der Waals surface area (Å²) in [5.41, 5.74) is 8.75. The number of piperazine rings is 1. The van der Waals surface area contributed by atoms with Gasteiger partial charge in [-0.3, -0.25) is 9.80 Å². The van der Waals surface area contributed by atoms with E-state index in [2.05, 4.69) is 49.2 Å². The number of hydrogen-bond donors (Lipinski definition) is 1. The minimum absolute atomic E-state index is 0.160. The van der Waals surface area contributed by atoms with Gasteiger partial charge in [0, 0.05) is 44.3 Å². The van der Waals surface area contributed by atoms with Gasteiger partial charge in [-0.1, -0.05) is 65.7 Å². The lowest BCUT2D eigenvalue weighted by atomic mass is 10.0. The summed E-state index contributed by atoms with van der Waals surface area (Å²) in [5, 5.41) is 8.81. The largest absolute Gasteiger partial charge is 0.329 e.